The molecule has 0 atom stereocenters. The molecule has 0 unspecified atom stereocenters. The second kappa shape index (κ2) is 5.86. The van der Waals surface area contributed by atoms with E-state index in [0.29, 0.717) is 10.7 Å². The van der Waals surface area contributed by atoms with Gasteiger partial charge in [-0.1, -0.05) is 23.2 Å². The van der Waals surface area contributed by atoms with E-state index in [-0.39, 0.29) is 29.3 Å². The van der Waals surface area contributed by atoms with E-state index in [1.54, 1.807) is 0 Å². The molecule has 1 aromatic rings. The molecule has 0 spiro atoms. The SMILES string of the molecule is CN1CC(NC(=O)CNc2cc(Cl)c(Cl)cc2O)C1. The van der Waals surface area contributed by atoms with Crippen molar-refractivity contribution in [3.05, 3.63) is 22.2 Å². The zero-order valence-corrected chi connectivity index (χ0v) is 11.9. The highest BCUT2D eigenvalue weighted by Crippen LogP contribution is 2.33. The highest BCUT2D eigenvalue weighted by molar-refractivity contribution is 6.42. The van der Waals surface area contributed by atoms with Gasteiger partial charge in [0.05, 0.1) is 28.3 Å². The molecule has 0 aromatic heterocycles. The van der Waals surface area contributed by atoms with Gasteiger partial charge in [0.15, 0.2) is 0 Å². The molecule has 0 bridgehead atoms. The maximum absolute atomic E-state index is 11.7. The van der Waals surface area contributed by atoms with Crippen LogP contribution in [-0.4, -0.2) is 48.6 Å². The number of likely N-dealkylation sites (tertiary alicyclic amines) is 1. The number of carbonyl (C=O) groups excluding carboxylic acids is 1. The Balaban J connectivity index is 1.85. The Morgan fingerprint density at radius 3 is 2.68 bits per heavy atom. The molecular formula is C12H15Cl2N3O2. The van der Waals surface area contributed by atoms with Gasteiger partial charge in [-0.3, -0.25) is 4.79 Å². The van der Waals surface area contributed by atoms with E-state index in [0.717, 1.165) is 13.1 Å². The summed E-state index contributed by atoms with van der Waals surface area (Å²) in [7, 11) is 1.99. The fourth-order valence-corrected chi connectivity index (χ4v) is 2.24. The van der Waals surface area contributed by atoms with E-state index in [9.17, 15) is 9.90 Å². The maximum Gasteiger partial charge on any atom is 0.239 e. The van der Waals surface area contributed by atoms with Crippen LogP contribution < -0.4 is 10.6 Å². The number of hydrogen-bond acceptors (Lipinski definition) is 4. The molecular weight excluding hydrogens is 289 g/mol. The van der Waals surface area contributed by atoms with Crippen molar-refractivity contribution in [1.29, 1.82) is 0 Å². The standard InChI is InChI=1S/C12H15Cl2N3O2/c1-17-5-7(6-17)16-12(19)4-15-10-2-8(13)9(14)3-11(10)18/h2-3,7,15,18H,4-6H2,1H3,(H,16,19). The van der Waals surface area contributed by atoms with E-state index >= 15 is 0 Å². The van der Waals surface area contributed by atoms with Crippen molar-refractivity contribution in [2.75, 3.05) is 32.0 Å². The quantitative estimate of drug-likeness (QED) is 0.738. The summed E-state index contributed by atoms with van der Waals surface area (Å²) in [6.07, 6.45) is 0. The van der Waals surface area contributed by atoms with Crippen molar-refractivity contribution >= 4 is 34.8 Å². The van der Waals surface area contributed by atoms with Gasteiger partial charge in [-0.15, -0.1) is 0 Å². The van der Waals surface area contributed by atoms with Crippen LogP contribution in [0, 0.1) is 0 Å². The Hall–Kier alpha value is -1.17. The van der Waals surface area contributed by atoms with Crippen LogP contribution in [0.25, 0.3) is 0 Å². The minimum Gasteiger partial charge on any atom is -0.506 e. The Morgan fingerprint density at radius 1 is 1.42 bits per heavy atom. The molecule has 1 amide bonds. The number of carbonyl (C=O) groups is 1. The Bertz CT molecular complexity index is 490. The first-order chi connectivity index (χ1) is 8.95. The van der Waals surface area contributed by atoms with Gasteiger partial charge in [0.1, 0.15) is 5.75 Å². The number of likely N-dealkylation sites (N-methyl/N-ethyl adjacent to an activating group) is 1. The summed E-state index contributed by atoms with van der Waals surface area (Å²) in [5.74, 6) is -0.158. The minimum absolute atomic E-state index is 0.0365. The number of nitrogens with zero attached hydrogens (tertiary/aromatic N) is 1. The predicted molar refractivity (Wildman–Crippen MR) is 76.0 cm³/mol. The van der Waals surface area contributed by atoms with Crippen molar-refractivity contribution < 1.29 is 9.90 Å². The van der Waals surface area contributed by atoms with Gasteiger partial charge in [-0.2, -0.15) is 0 Å². The molecule has 1 heterocycles. The van der Waals surface area contributed by atoms with Crippen LogP contribution in [-0.2, 0) is 4.79 Å². The van der Waals surface area contributed by atoms with E-state index in [2.05, 4.69) is 15.5 Å². The van der Waals surface area contributed by atoms with Crippen molar-refractivity contribution in [1.82, 2.24) is 10.2 Å². The second-order valence-electron chi connectivity index (χ2n) is 4.62. The summed E-state index contributed by atoms with van der Waals surface area (Å²) >= 11 is 11.6. The molecule has 1 saturated heterocycles. The van der Waals surface area contributed by atoms with Crippen molar-refractivity contribution in [2.45, 2.75) is 6.04 Å². The third kappa shape index (κ3) is 3.65. The summed E-state index contributed by atoms with van der Waals surface area (Å²) < 4.78 is 0. The molecule has 0 aliphatic carbocycles. The van der Waals surface area contributed by atoms with Crippen LogP contribution in [0.2, 0.25) is 10.0 Å². The molecule has 104 valence electrons. The number of rotatable bonds is 4. The number of halogens is 2. The molecule has 5 nitrogen and oxygen atoms in total. The Kier molecular flexibility index (Phi) is 4.39. The number of aromatic hydroxyl groups is 1. The van der Waals surface area contributed by atoms with Crippen molar-refractivity contribution in [3.8, 4) is 5.75 Å². The molecule has 1 aromatic carbocycles. The van der Waals surface area contributed by atoms with Gasteiger partial charge in [-0.05, 0) is 13.1 Å². The summed E-state index contributed by atoms with van der Waals surface area (Å²) in [4.78, 5) is 13.8. The van der Waals surface area contributed by atoms with E-state index in [4.69, 9.17) is 23.2 Å². The minimum atomic E-state index is -0.122. The van der Waals surface area contributed by atoms with Crippen LogP contribution in [0.3, 0.4) is 0 Å². The average Bonchev–Trinajstić information content (AvgIpc) is 2.30. The van der Waals surface area contributed by atoms with Gasteiger partial charge >= 0.3 is 0 Å². The highest BCUT2D eigenvalue weighted by Gasteiger charge is 2.24. The second-order valence-corrected chi connectivity index (χ2v) is 5.44. The maximum atomic E-state index is 11.7. The van der Waals surface area contributed by atoms with Gasteiger partial charge in [0.25, 0.3) is 0 Å². The van der Waals surface area contributed by atoms with Crippen LogP contribution in [0.1, 0.15) is 0 Å². The first-order valence-corrected chi connectivity index (χ1v) is 6.61. The van der Waals surface area contributed by atoms with Crippen LogP contribution >= 0.6 is 23.2 Å². The zero-order valence-electron chi connectivity index (χ0n) is 10.4. The van der Waals surface area contributed by atoms with E-state index in [1.165, 1.54) is 12.1 Å². The molecule has 1 fully saturated rings. The Labute approximate surface area is 121 Å². The zero-order chi connectivity index (χ0) is 14.0. The molecule has 2 rings (SSSR count). The number of nitrogens with one attached hydrogen (secondary N) is 2. The number of phenolic OH excluding ortho intramolecular Hbond substituents is 1. The van der Waals surface area contributed by atoms with Crippen molar-refractivity contribution in [3.63, 3.8) is 0 Å². The third-order valence-corrected chi connectivity index (χ3v) is 3.63. The normalized spacial score (nSPS) is 15.9. The van der Waals surface area contributed by atoms with E-state index in [1.807, 2.05) is 7.05 Å². The summed E-state index contributed by atoms with van der Waals surface area (Å²) in [6.45, 7) is 1.80. The summed E-state index contributed by atoms with van der Waals surface area (Å²) in [5, 5.41) is 16.0. The number of hydrogen-bond donors (Lipinski definition) is 3. The lowest BCUT2D eigenvalue weighted by atomic mass is 10.1. The van der Waals surface area contributed by atoms with Gasteiger partial charge < -0.3 is 20.6 Å². The summed E-state index contributed by atoms with van der Waals surface area (Å²) in [6, 6.07) is 3.04. The largest absolute Gasteiger partial charge is 0.506 e. The molecule has 0 saturated carbocycles. The lowest BCUT2D eigenvalue weighted by Crippen LogP contribution is -2.58. The van der Waals surface area contributed by atoms with Crippen LogP contribution in [0.15, 0.2) is 12.1 Å². The fourth-order valence-electron chi connectivity index (χ4n) is 1.92. The number of anilines is 1. The first-order valence-electron chi connectivity index (χ1n) is 5.85. The van der Waals surface area contributed by atoms with Gasteiger partial charge in [0.2, 0.25) is 5.91 Å². The summed E-state index contributed by atoms with van der Waals surface area (Å²) in [5.41, 5.74) is 0.385. The molecule has 0 radical (unpaired) electrons. The van der Waals surface area contributed by atoms with Gasteiger partial charge in [0, 0.05) is 19.2 Å². The molecule has 19 heavy (non-hydrogen) atoms. The van der Waals surface area contributed by atoms with Crippen LogP contribution in [0.4, 0.5) is 5.69 Å². The van der Waals surface area contributed by atoms with Crippen molar-refractivity contribution in [2.24, 2.45) is 0 Å². The lowest BCUT2D eigenvalue weighted by molar-refractivity contribution is -0.121. The topological polar surface area (TPSA) is 64.6 Å². The van der Waals surface area contributed by atoms with E-state index < -0.39 is 0 Å². The Morgan fingerprint density at radius 2 is 2.05 bits per heavy atom. The van der Waals surface area contributed by atoms with Crippen LogP contribution in [0.5, 0.6) is 5.75 Å². The van der Waals surface area contributed by atoms with Gasteiger partial charge in [-0.25, -0.2) is 0 Å². The monoisotopic (exact) mass is 303 g/mol. The lowest BCUT2D eigenvalue weighted by Gasteiger charge is -2.36. The molecule has 3 N–H and O–H groups in total. The number of benzene rings is 1. The fraction of sp³-hybridized carbons (Fsp3) is 0.417. The average molecular weight is 304 g/mol. The third-order valence-electron chi connectivity index (χ3n) is 2.91. The highest BCUT2D eigenvalue weighted by atomic mass is 35.5. The number of phenols is 1. The smallest absolute Gasteiger partial charge is 0.239 e. The molecule has 7 heteroatoms. The number of amides is 1. The molecule has 1 aliphatic heterocycles. The molecule has 1 aliphatic rings. The predicted octanol–water partition coefficient (Wildman–Crippen LogP) is 1.54. The first kappa shape index (κ1) is 14.2.